The van der Waals surface area contributed by atoms with Gasteiger partial charge in [0, 0.05) is 19.4 Å². The van der Waals surface area contributed by atoms with Crippen molar-refractivity contribution >= 4 is 16.9 Å². The van der Waals surface area contributed by atoms with E-state index in [1.54, 1.807) is 0 Å². The lowest BCUT2D eigenvalue weighted by Gasteiger charge is -2.13. The molecule has 5 nitrogen and oxygen atoms in total. The van der Waals surface area contributed by atoms with Crippen molar-refractivity contribution in [3.8, 4) is 5.75 Å². The Morgan fingerprint density at radius 3 is 2.47 bits per heavy atom. The fourth-order valence-electron chi connectivity index (χ4n) is 4.75. The molecule has 0 aliphatic carbocycles. The number of nitrogens with zero attached hydrogens (tertiary/aromatic N) is 2. The number of aryl methyl sites for hydroxylation is 2. The highest BCUT2D eigenvalue weighted by atomic mass is 16.5. The van der Waals surface area contributed by atoms with Crippen LogP contribution in [0.15, 0.2) is 78.9 Å². The van der Waals surface area contributed by atoms with Crippen LogP contribution >= 0.6 is 0 Å². The van der Waals surface area contributed by atoms with E-state index in [2.05, 4.69) is 78.3 Å². The van der Waals surface area contributed by atoms with Crippen molar-refractivity contribution in [1.82, 2.24) is 14.9 Å². The zero-order chi connectivity index (χ0) is 26.6. The third-order valence-electron chi connectivity index (χ3n) is 7.26. The monoisotopic (exact) mass is 511 g/mol. The number of hydrogen-bond acceptors (Lipinski definition) is 3. The van der Waals surface area contributed by atoms with Crippen molar-refractivity contribution in [2.45, 2.75) is 71.3 Å². The Labute approximate surface area is 227 Å². The van der Waals surface area contributed by atoms with E-state index in [-0.39, 0.29) is 5.91 Å². The number of amides is 1. The topological polar surface area (TPSA) is 56.1 Å². The number of nitrogens with one attached hydrogen (secondary N) is 1. The van der Waals surface area contributed by atoms with Crippen LogP contribution in [0.1, 0.15) is 68.8 Å². The van der Waals surface area contributed by atoms with Gasteiger partial charge >= 0.3 is 0 Å². The van der Waals surface area contributed by atoms with Gasteiger partial charge in [-0.3, -0.25) is 4.79 Å². The molecule has 5 heteroatoms. The summed E-state index contributed by atoms with van der Waals surface area (Å²) in [5.74, 6) is 2.72. The van der Waals surface area contributed by atoms with E-state index in [1.165, 1.54) is 11.1 Å². The lowest BCUT2D eigenvalue weighted by atomic mass is 9.99. The number of para-hydroxylation sites is 2. The maximum Gasteiger partial charge on any atom is 0.220 e. The van der Waals surface area contributed by atoms with Crippen LogP contribution in [0, 0.1) is 0 Å². The minimum atomic E-state index is 0.130. The second-order valence-corrected chi connectivity index (χ2v) is 10.0. The Hall–Kier alpha value is -3.60. The molecule has 4 aromatic rings. The molecule has 0 saturated heterocycles. The minimum Gasteiger partial charge on any atom is -0.492 e. The second-order valence-electron chi connectivity index (χ2n) is 10.0. The summed E-state index contributed by atoms with van der Waals surface area (Å²) in [5, 5.41) is 3.06. The molecule has 0 saturated carbocycles. The first-order valence-electron chi connectivity index (χ1n) is 14.1. The number of carbonyl (C=O) groups is 1. The van der Waals surface area contributed by atoms with Crippen molar-refractivity contribution in [2.24, 2.45) is 0 Å². The number of imidazole rings is 1. The van der Waals surface area contributed by atoms with E-state index in [0.717, 1.165) is 74.2 Å². The molecule has 200 valence electrons. The SMILES string of the molecule is CCC(C)c1ccc(OCCn2c(CCCCCNC(=O)CCc3ccccc3)nc3ccccc32)cc1. The molecular weight excluding hydrogens is 470 g/mol. The molecule has 0 spiro atoms. The van der Waals surface area contributed by atoms with Gasteiger partial charge < -0.3 is 14.6 Å². The molecular formula is C33H41N3O2. The van der Waals surface area contributed by atoms with Gasteiger partial charge in [0.2, 0.25) is 5.91 Å². The molecule has 1 amide bonds. The first-order chi connectivity index (χ1) is 18.6. The number of ether oxygens (including phenoxy) is 1. The molecule has 4 rings (SSSR count). The van der Waals surface area contributed by atoms with Gasteiger partial charge in [-0.15, -0.1) is 0 Å². The summed E-state index contributed by atoms with van der Waals surface area (Å²) >= 11 is 0. The second kappa shape index (κ2) is 14.4. The van der Waals surface area contributed by atoms with E-state index in [4.69, 9.17) is 9.72 Å². The number of unbranched alkanes of at least 4 members (excludes halogenated alkanes) is 2. The molecule has 3 aromatic carbocycles. The van der Waals surface area contributed by atoms with Crippen molar-refractivity contribution in [3.63, 3.8) is 0 Å². The van der Waals surface area contributed by atoms with Gasteiger partial charge in [0.15, 0.2) is 0 Å². The summed E-state index contributed by atoms with van der Waals surface area (Å²) in [6.07, 6.45) is 6.46. The Bertz CT molecular complexity index is 1260. The molecule has 0 radical (unpaired) electrons. The van der Waals surface area contributed by atoms with Gasteiger partial charge in [-0.2, -0.15) is 0 Å². The van der Waals surface area contributed by atoms with Crippen molar-refractivity contribution in [2.75, 3.05) is 13.2 Å². The standard InChI is InChI=1S/C33H41N3O2/c1-3-26(2)28-18-20-29(21-19-28)38-25-24-36-31-15-10-9-14-30(31)35-32(36)16-8-5-11-23-34-33(37)22-17-27-12-6-4-7-13-27/h4,6-7,9-10,12-15,18-21,26H,3,5,8,11,16-17,22-25H2,1-2H3,(H,34,37). The Morgan fingerprint density at radius 1 is 0.921 bits per heavy atom. The molecule has 38 heavy (non-hydrogen) atoms. The number of hydrogen-bond donors (Lipinski definition) is 1. The smallest absolute Gasteiger partial charge is 0.220 e. The maximum atomic E-state index is 12.1. The molecule has 1 aromatic heterocycles. The van der Waals surface area contributed by atoms with Crippen LogP contribution in [0.25, 0.3) is 11.0 Å². The molecule has 1 atom stereocenters. The zero-order valence-corrected chi connectivity index (χ0v) is 22.9. The van der Waals surface area contributed by atoms with Crippen LogP contribution in [0.4, 0.5) is 0 Å². The average molecular weight is 512 g/mol. The summed E-state index contributed by atoms with van der Waals surface area (Å²) in [4.78, 5) is 17.1. The fourth-order valence-corrected chi connectivity index (χ4v) is 4.75. The van der Waals surface area contributed by atoms with Crippen LogP contribution < -0.4 is 10.1 Å². The summed E-state index contributed by atoms with van der Waals surface area (Å²) in [5.41, 5.74) is 4.75. The van der Waals surface area contributed by atoms with E-state index in [9.17, 15) is 4.79 Å². The molecule has 1 unspecified atom stereocenters. The number of benzene rings is 3. The highest BCUT2D eigenvalue weighted by molar-refractivity contribution is 5.76. The average Bonchev–Trinajstić information content (AvgIpc) is 3.31. The van der Waals surface area contributed by atoms with Crippen LogP contribution in [-0.2, 0) is 24.2 Å². The molecule has 0 aliphatic rings. The molecule has 0 bridgehead atoms. The van der Waals surface area contributed by atoms with Crippen molar-refractivity contribution in [1.29, 1.82) is 0 Å². The van der Waals surface area contributed by atoms with Crippen molar-refractivity contribution in [3.05, 3.63) is 95.8 Å². The predicted octanol–water partition coefficient (Wildman–Crippen LogP) is 7.09. The van der Waals surface area contributed by atoms with Gasteiger partial charge in [-0.1, -0.05) is 74.9 Å². The lowest BCUT2D eigenvalue weighted by Crippen LogP contribution is -2.24. The number of aromatic nitrogens is 2. The van der Waals surface area contributed by atoms with Gasteiger partial charge in [0.05, 0.1) is 17.6 Å². The van der Waals surface area contributed by atoms with E-state index < -0.39 is 0 Å². The molecule has 1 N–H and O–H groups in total. The Kier molecular flexibility index (Phi) is 10.4. The van der Waals surface area contributed by atoms with Crippen LogP contribution in [0.5, 0.6) is 5.75 Å². The summed E-state index contributed by atoms with van der Waals surface area (Å²) in [6.45, 7) is 6.57. The molecule has 1 heterocycles. The third-order valence-corrected chi connectivity index (χ3v) is 7.26. The van der Waals surface area contributed by atoms with Gasteiger partial charge in [0.25, 0.3) is 0 Å². The van der Waals surface area contributed by atoms with Gasteiger partial charge in [0.1, 0.15) is 18.2 Å². The summed E-state index contributed by atoms with van der Waals surface area (Å²) in [6, 6.07) is 27.0. The third kappa shape index (κ3) is 7.95. The Morgan fingerprint density at radius 2 is 1.68 bits per heavy atom. The van der Waals surface area contributed by atoms with Crippen LogP contribution in [0.3, 0.4) is 0 Å². The highest BCUT2D eigenvalue weighted by Crippen LogP contribution is 2.22. The van der Waals surface area contributed by atoms with Crippen molar-refractivity contribution < 1.29 is 9.53 Å². The van der Waals surface area contributed by atoms with Crippen LogP contribution in [-0.4, -0.2) is 28.6 Å². The predicted molar refractivity (Wildman–Crippen MR) is 156 cm³/mol. The quantitative estimate of drug-likeness (QED) is 0.173. The fraction of sp³-hybridized carbons (Fsp3) is 0.394. The largest absolute Gasteiger partial charge is 0.492 e. The summed E-state index contributed by atoms with van der Waals surface area (Å²) in [7, 11) is 0. The van der Waals surface area contributed by atoms with Crippen LogP contribution in [0.2, 0.25) is 0 Å². The lowest BCUT2D eigenvalue weighted by molar-refractivity contribution is -0.121. The van der Waals surface area contributed by atoms with E-state index >= 15 is 0 Å². The van der Waals surface area contributed by atoms with Gasteiger partial charge in [-0.25, -0.2) is 4.98 Å². The first-order valence-corrected chi connectivity index (χ1v) is 14.1. The number of rotatable bonds is 15. The van der Waals surface area contributed by atoms with E-state index in [0.29, 0.717) is 18.9 Å². The highest BCUT2D eigenvalue weighted by Gasteiger charge is 2.11. The zero-order valence-electron chi connectivity index (χ0n) is 22.9. The summed E-state index contributed by atoms with van der Waals surface area (Å²) < 4.78 is 8.39. The Balaban J connectivity index is 1.21. The molecule has 0 fully saturated rings. The van der Waals surface area contributed by atoms with E-state index in [1.807, 2.05) is 24.3 Å². The number of carbonyl (C=O) groups excluding carboxylic acids is 1. The molecule has 0 aliphatic heterocycles. The minimum absolute atomic E-state index is 0.130. The first kappa shape index (κ1) is 27.4. The van der Waals surface area contributed by atoms with Gasteiger partial charge in [-0.05, 0) is 67.0 Å². The normalized spacial score (nSPS) is 11.9. The number of fused-ring (bicyclic) bond motifs is 1. The maximum absolute atomic E-state index is 12.1.